The van der Waals surface area contributed by atoms with Crippen LogP contribution in [0.15, 0.2) is 30.5 Å². The number of carbonyl (C=O) groups excluding carboxylic acids is 1. The van der Waals surface area contributed by atoms with E-state index in [1.165, 1.54) is 0 Å². The van der Waals surface area contributed by atoms with Gasteiger partial charge in [0.2, 0.25) is 0 Å². The molecule has 1 aromatic heterocycles. The van der Waals surface area contributed by atoms with Crippen LogP contribution in [0.1, 0.15) is 11.1 Å². The van der Waals surface area contributed by atoms with Crippen LogP contribution in [-0.2, 0) is 4.79 Å². The molecular weight excluding hydrogens is 311 g/mol. The third-order valence-corrected chi connectivity index (χ3v) is 3.22. The Morgan fingerprint density at radius 3 is 2.71 bits per heavy atom. The summed E-state index contributed by atoms with van der Waals surface area (Å²) in [6.07, 6.45) is 1.63. The van der Waals surface area contributed by atoms with Gasteiger partial charge in [0.05, 0.1) is 5.02 Å². The van der Waals surface area contributed by atoms with Crippen molar-refractivity contribution >= 4 is 34.9 Å². The monoisotopic (exact) mass is 324 g/mol. The van der Waals surface area contributed by atoms with Crippen molar-refractivity contribution in [1.82, 2.24) is 4.98 Å². The van der Waals surface area contributed by atoms with Crippen molar-refractivity contribution in [3.63, 3.8) is 0 Å². The van der Waals surface area contributed by atoms with E-state index in [2.05, 4.69) is 10.3 Å². The number of anilines is 1. The molecule has 1 aromatic carbocycles. The van der Waals surface area contributed by atoms with Crippen LogP contribution in [0.5, 0.6) is 5.75 Å². The summed E-state index contributed by atoms with van der Waals surface area (Å²) in [5.74, 6) is 0.634. The molecule has 0 aliphatic rings. The lowest BCUT2D eigenvalue weighted by Gasteiger charge is -2.11. The SMILES string of the molecule is Cc1ccnc(NC(=O)COc2c(C)cc(Cl)cc2Cl)c1. The lowest BCUT2D eigenvalue weighted by molar-refractivity contribution is -0.118. The fourth-order valence-electron chi connectivity index (χ4n) is 1.79. The van der Waals surface area contributed by atoms with Gasteiger partial charge in [0.15, 0.2) is 6.61 Å². The van der Waals surface area contributed by atoms with Gasteiger partial charge in [-0.15, -0.1) is 0 Å². The molecule has 0 atom stereocenters. The van der Waals surface area contributed by atoms with Crippen LogP contribution in [0, 0.1) is 13.8 Å². The maximum Gasteiger partial charge on any atom is 0.263 e. The molecule has 0 saturated carbocycles. The van der Waals surface area contributed by atoms with E-state index in [-0.39, 0.29) is 12.5 Å². The Hall–Kier alpha value is -1.78. The Balaban J connectivity index is 1.99. The largest absolute Gasteiger partial charge is 0.482 e. The van der Waals surface area contributed by atoms with Gasteiger partial charge in [0.1, 0.15) is 11.6 Å². The number of rotatable bonds is 4. The van der Waals surface area contributed by atoms with Crippen molar-refractivity contribution in [3.05, 3.63) is 51.6 Å². The number of amides is 1. The van der Waals surface area contributed by atoms with Gasteiger partial charge in [0, 0.05) is 11.2 Å². The number of ether oxygens (including phenoxy) is 1. The highest BCUT2D eigenvalue weighted by molar-refractivity contribution is 6.35. The number of benzene rings is 1. The molecule has 0 saturated heterocycles. The summed E-state index contributed by atoms with van der Waals surface area (Å²) in [7, 11) is 0. The first kappa shape index (κ1) is 15.6. The number of nitrogens with one attached hydrogen (secondary N) is 1. The van der Waals surface area contributed by atoms with Crippen LogP contribution < -0.4 is 10.1 Å². The van der Waals surface area contributed by atoms with E-state index in [0.717, 1.165) is 11.1 Å². The maximum atomic E-state index is 11.8. The minimum absolute atomic E-state index is 0.155. The Kier molecular flexibility index (Phi) is 5.04. The van der Waals surface area contributed by atoms with E-state index >= 15 is 0 Å². The second kappa shape index (κ2) is 6.78. The van der Waals surface area contributed by atoms with E-state index in [0.29, 0.717) is 21.6 Å². The molecule has 4 nitrogen and oxygen atoms in total. The summed E-state index contributed by atoms with van der Waals surface area (Å²) >= 11 is 11.9. The summed E-state index contributed by atoms with van der Waals surface area (Å²) in [5.41, 5.74) is 1.78. The highest BCUT2D eigenvalue weighted by atomic mass is 35.5. The van der Waals surface area contributed by atoms with Crippen LogP contribution >= 0.6 is 23.2 Å². The third kappa shape index (κ3) is 4.34. The second-order valence-electron chi connectivity index (χ2n) is 4.59. The molecule has 2 rings (SSSR count). The number of halogens is 2. The molecule has 0 radical (unpaired) electrons. The van der Waals surface area contributed by atoms with Crippen LogP contribution in [0.4, 0.5) is 5.82 Å². The molecule has 0 unspecified atom stereocenters. The molecule has 1 heterocycles. The fourth-order valence-corrected chi connectivity index (χ4v) is 2.44. The first-order chi connectivity index (χ1) is 9.95. The molecule has 1 N–H and O–H groups in total. The highest BCUT2D eigenvalue weighted by Crippen LogP contribution is 2.31. The van der Waals surface area contributed by atoms with E-state index < -0.39 is 0 Å². The summed E-state index contributed by atoms with van der Waals surface area (Å²) in [5, 5.41) is 3.56. The average Bonchev–Trinajstić information content (AvgIpc) is 2.37. The average molecular weight is 325 g/mol. The third-order valence-electron chi connectivity index (χ3n) is 2.72. The quantitative estimate of drug-likeness (QED) is 0.923. The zero-order valence-electron chi connectivity index (χ0n) is 11.6. The lowest BCUT2D eigenvalue weighted by Crippen LogP contribution is -2.21. The van der Waals surface area contributed by atoms with Gasteiger partial charge in [-0.25, -0.2) is 4.98 Å². The number of nitrogens with zero attached hydrogens (tertiary/aromatic N) is 1. The molecule has 6 heteroatoms. The fraction of sp³-hybridized carbons (Fsp3) is 0.200. The molecule has 0 aliphatic heterocycles. The zero-order chi connectivity index (χ0) is 15.4. The molecular formula is C15H14Cl2N2O2. The molecule has 110 valence electrons. The van der Waals surface area contributed by atoms with Gasteiger partial charge in [0.25, 0.3) is 5.91 Å². The summed E-state index contributed by atoms with van der Waals surface area (Å²) in [4.78, 5) is 15.9. The molecule has 1 amide bonds. The smallest absolute Gasteiger partial charge is 0.263 e. The predicted molar refractivity (Wildman–Crippen MR) is 84.3 cm³/mol. The Bertz CT molecular complexity index is 651. The number of hydrogen-bond acceptors (Lipinski definition) is 3. The standard InChI is InChI=1S/C15H14Cl2N2O2/c1-9-3-4-18-13(5-9)19-14(20)8-21-15-10(2)6-11(16)7-12(15)17/h3-7H,8H2,1-2H3,(H,18,19,20). The number of carbonyl (C=O) groups is 1. The van der Waals surface area contributed by atoms with E-state index in [9.17, 15) is 4.79 Å². The zero-order valence-corrected chi connectivity index (χ0v) is 13.1. The predicted octanol–water partition coefficient (Wildman–Crippen LogP) is 4.02. The molecule has 0 bridgehead atoms. The van der Waals surface area contributed by atoms with E-state index in [1.807, 2.05) is 19.9 Å². The molecule has 21 heavy (non-hydrogen) atoms. The number of aromatic nitrogens is 1. The van der Waals surface area contributed by atoms with Gasteiger partial charge in [-0.1, -0.05) is 23.2 Å². The minimum Gasteiger partial charge on any atom is -0.482 e. The van der Waals surface area contributed by atoms with Crippen molar-refractivity contribution in [2.24, 2.45) is 0 Å². The van der Waals surface area contributed by atoms with E-state index in [1.54, 1.807) is 24.4 Å². The normalized spacial score (nSPS) is 10.3. The summed E-state index contributed by atoms with van der Waals surface area (Å²) in [6.45, 7) is 3.58. The van der Waals surface area contributed by atoms with Gasteiger partial charge in [-0.05, 0) is 49.2 Å². The van der Waals surface area contributed by atoms with Gasteiger partial charge < -0.3 is 10.1 Å². The van der Waals surface area contributed by atoms with E-state index in [4.69, 9.17) is 27.9 Å². The first-order valence-corrected chi connectivity index (χ1v) is 7.02. The number of pyridine rings is 1. The van der Waals surface area contributed by atoms with Crippen molar-refractivity contribution < 1.29 is 9.53 Å². The first-order valence-electron chi connectivity index (χ1n) is 6.26. The topological polar surface area (TPSA) is 51.2 Å². The summed E-state index contributed by atoms with van der Waals surface area (Å²) < 4.78 is 5.46. The number of aryl methyl sites for hydroxylation is 2. The van der Waals surface area contributed by atoms with Gasteiger partial charge in [-0.2, -0.15) is 0 Å². The highest BCUT2D eigenvalue weighted by Gasteiger charge is 2.10. The Morgan fingerprint density at radius 1 is 1.29 bits per heavy atom. The molecule has 0 aliphatic carbocycles. The molecule has 0 fully saturated rings. The Morgan fingerprint density at radius 2 is 2.05 bits per heavy atom. The van der Waals surface area contributed by atoms with Gasteiger partial charge in [-0.3, -0.25) is 4.79 Å². The minimum atomic E-state index is -0.307. The van der Waals surface area contributed by atoms with Crippen LogP contribution in [0.3, 0.4) is 0 Å². The Labute approximate surface area is 133 Å². The lowest BCUT2D eigenvalue weighted by atomic mass is 10.2. The van der Waals surface area contributed by atoms with Crippen molar-refractivity contribution in [3.8, 4) is 5.75 Å². The van der Waals surface area contributed by atoms with Crippen LogP contribution in [0.25, 0.3) is 0 Å². The van der Waals surface area contributed by atoms with Crippen molar-refractivity contribution in [2.45, 2.75) is 13.8 Å². The number of hydrogen-bond donors (Lipinski definition) is 1. The van der Waals surface area contributed by atoms with Crippen molar-refractivity contribution in [1.29, 1.82) is 0 Å². The maximum absolute atomic E-state index is 11.8. The summed E-state index contributed by atoms with van der Waals surface area (Å²) in [6, 6.07) is 6.93. The van der Waals surface area contributed by atoms with Crippen molar-refractivity contribution in [2.75, 3.05) is 11.9 Å². The molecule has 0 spiro atoms. The van der Waals surface area contributed by atoms with Gasteiger partial charge >= 0.3 is 0 Å². The molecule has 2 aromatic rings. The second-order valence-corrected chi connectivity index (χ2v) is 5.43. The van der Waals surface area contributed by atoms with Crippen LogP contribution in [0.2, 0.25) is 10.0 Å². The van der Waals surface area contributed by atoms with Crippen LogP contribution in [-0.4, -0.2) is 17.5 Å².